The van der Waals surface area contributed by atoms with Crippen molar-refractivity contribution in [1.29, 1.82) is 0 Å². The number of anilines is 1. The van der Waals surface area contributed by atoms with Crippen molar-refractivity contribution in [2.45, 2.75) is 38.6 Å². The summed E-state index contributed by atoms with van der Waals surface area (Å²) in [6, 6.07) is 6.43. The maximum atomic E-state index is 11.0. The normalized spacial score (nSPS) is 23.7. The Balaban J connectivity index is 2.04. The molecule has 1 aliphatic rings. The molecular formula is C14H18BrNO2. The Morgan fingerprint density at radius 2 is 2.22 bits per heavy atom. The molecule has 2 rings (SSSR count). The number of carboxylic acid groups (broad SMARTS) is 1. The summed E-state index contributed by atoms with van der Waals surface area (Å²) >= 11 is 3.52. The first-order chi connectivity index (χ1) is 8.56. The first-order valence-corrected chi connectivity index (χ1v) is 7.11. The van der Waals surface area contributed by atoms with E-state index in [4.69, 9.17) is 5.11 Å². The van der Waals surface area contributed by atoms with E-state index in [1.807, 2.05) is 6.07 Å². The van der Waals surface area contributed by atoms with Crippen LogP contribution < -0.4 is 5.32 Å². The van der Waals surface area contributed by atoms with Gasteiger partial charge in [-0.1, -0.05) is 12.5 Å². The van der Waals surface area contributed by atoms with Gasteiger partial charge in [0, 0.05) is 16.2 Å². The van der Waals surface area contributed by atoms with Crippen molar-refractivity contribution in [3.63, 3.8) is 0 Å². The SMILES string of the molecule is Cc1ccc(Br)c(NC2CCCC(C(=O)O)C2)c1. The third kappa shape index (κ3) is 3.25. The lowest BCUT2D eigenvalue weighted by molar-refractivity contribution is -0.142. The van der Waals surface area contributed by atoms with Crippen molar-refractivity contribution >= 4 is 27.6 Å². The predicted octanol–water partition coefficient (Wildman–Crippen LogP) is 3.81. The van der Waals surface area contributed by atoms with Gasteiger partial charge in [0.25, 0.3) is 0 Å². The molecule has 0 bridgehead atoms. The smallest absolute Gasteiger partial charge is 0.306 e. The predicted molar refractivity (Wildman–Crippen MR) is 75.9 cm³/mol. The summed E-state index contributed by atoms with van der Waals surface area (Å²) in [5, 5.41) is 12.5. The lowest BCUT2D eigenvalue weighted by Crippen LogP contribution is -2.31. The molecule has 0 aromatic heterocycles. The van der Waals surface area contributed by atoms with Gasteiger partial charge in [0.2, 0.25) is 0 Å². The second-order valence-corrected chi connectivity index (χ2v) is 5.88. The van der Waals surface area contributed by atoms with Crippen molar-refractivity contribution in [3.8, 4) is 0 Å². The number of carbonyl (C=O) groups is 1. The molecule has 0 amide bonds. The standard InChI is InChI=1S/C14H18BrNO2/c1-9-5-6-12(15)13(7-9)16-11-4-2-3-10(8-11)14(17)18/h5-7,10-11,16H,2-4,8H2,1H3,(H,17,18). The molecule has 1 saturated carbocycles. The third-order valence-electron chi connectivity index (χ3n) is 3.50. The summed E-state index contributed by atoms with van der Waals surface area (Å²) in [5.74, 6) is -0.857. The largest absolute Gasteiger partial charge is 0.481 e. The van der Waals surface area contributed by atoms with Gasteiger partial charge in [-0.05, 0) is 59.8 Å². The molecule has 98 valence electrons. The molecule has 0 saturated heterocycles. The molecule has 0 spiro atoms. The van der Waals surface area contributed by atoms with Crippen LogP contribution in [0.25, 0.3) is 0 Å². The Morgan fingerprint density at radius 1 is 1.44 bits per heavy atom. The Kier molecular flexibility index (Phi) is 4.27. The van der Waals surface area contributed by atoms with E-state index < -0.39 is 5.97 Å². The molecule has 2 unspecified atom stereocenters. The maximum absolute atomic E-state index is 11.0. The van der Waals surface area contributed by atoms with Crippen molar-refractivity contribution in [2.75, 3.05) is 5.32 Å². The zero-order valence-electron chi connectivity index (χ0n) is 10.4. The molecule has 4 heteroatoms. The van der Waals surface area contributed by atoms with Crippen molar-refractivity contribution < 1.29 is 9.90 Å². The molecule has 1 fully saturated rings. The van der Waals surface area contributed by atoms with Crippen LogP contribution in [0.1, 0.15) is 31.2 Å². The van der Waals surface area contributed by atoms with Crippen molar-refractivity contribution in [2.24, 2.45) is 5.92 Å². The minimum absolute atomic E-state index is 0.195. The summed E-state index contributed by atoms with van der Waals surface area (Å²) in [4.78, 5) is 11.0. The quantitative estimate of drug-likeness (QED) is 0.892. The molecule has 1 aliphatic carbocycles. The van der Waals surface area contributed by atoms with E-state index in [0.29, 0.717) is 0 Å². The Morgan fingerprint density at radius 3 is 2.94 bits per heavy atom. The van der Waals surface area contributed by atoms with Crippen LogP contribution in [0.5, 0.6) is 0 Å². The van der Waals surface area contributed by atoms with Crippen LogP contribution in [-0.2, 0) is 4.79 Å². The number of nitrogens with one attached hydrogen (secondary N) is 1. The fraction of sp³-hybridized carbons (Fsp3) is 0.500. The fourth-order valence-corrected chi connectivity index (χ4v) is 2.88. The number of hydrogen-bond acceptors (Lipinski definition) is 2. The summed E-state index contributed by atoms with van der Waals surface area (Å²) < 4.78 is 1.03. The first kappa shape index (κ1) is 13.4. The van der Waals surface area contributed by atoms with E-state index in [9.17, 15) is 4.79 Å². The third-order valence-corrected chi connectivity index (χ3v) is 4.20. The molecule has 0 heterocycles. The number of halogens is 1. The molecule has 2 atom stereocenters. The van der Waals surface area contributed by atoms with Crippen molar-refractivity contribution in [3.05, 3.63) is 28.2 Å². The highest BCUT2D eigenvalue weighted by atomic mass is 79.9. The molecule has 1 aromatic carbocycles. The number of aliphatic carboxylic acids is 1. The van der Waals surface area contributed by atoms with Crippen LogP contribution in [0.2, 0.25) is 0 Å². The average molecular weight is 312 g/mol. The van der Waals surface area contributed by atoms with Gasteiger partial charge in [-0.3, -0.25) is 4.79 Å². The molecule has 3 nitrogen and oxygen atoms in total. The molecule has 1 aromatic rings. The van der Waals surface area contributed by atoms with E-state index in [-0.39, 0.29) is 12.0 Å². The van der Waals surface area contributed by atoms with Crippen LogP contribution in [0, 0.1) is 12.8 Å². The number of hydrogen-bond donors (Lipinski definition) is 2. The minimum Gasteiger partial charge on any atom is -0.481 e. The minimum atomic E-state index is -0.662. The monoisotopic (exact) mass is 311 g/mol. The van der Waals surface area contributed by atoms with Gasteiger partial charge < -0.3 is 10.4 Å². The Bertz CT molecular complexity index is 447. The zero-order valence-corrected chi connectivity index (χ0v) is 12.0. The topological polar surface area (TPSA) is 49.3 Å². The summed E-state index contributed by atoms with van der Waals surface area (Å²) in [6.45, 7) is 2.05. The number of aryl methyl sites for hydroxylation is 1. The van der Waals surface area contributed by atoms with Gasteiger partial charge in [-0.2, -0.15) is 0 Å². The van der Waals surface area contributed by atoms with E-state index >= 15 is 0 Å². The Hall–Kier alpha value is -1.03. The van der Waals surface area contributed by atoms with Gasteiger partial charge >= 0.3 is 5.97 Å². The summed E-state index contributed by atoms with van der Waals surface area (Å²) in [7, 11) is 0. The lowest BCUT2D eigenvalue weighted by Gasteiger charge is -2.28. The van der Waals surface area contributed by atoms with Gasteiger partial charge in [-0.15, -0.1) is 0 Å². The maximum Gasteiger partial charge on any atom is 0.306 e. The summed E-state index contributed by atoms with van der Waals surface area (Å²) in [6.07, 6.45) is 3.56. The second-order valence-electron chi connectivity index (χ2n) is 5.03. The first-order valence-electron chi connectivity index (χ1n) is 6.32. The molecule has 18 heavy (non-hydrogen) atoms. The van der Waals surface area contributed by atoms with Gasteiger partial charge in [-0.25, -0.2) is 0 Å². The molecule has 0 aliphatic heterocycles. The van der Waals surface area contributed by atoms with Gasteiger partial charge in [0.15, 0.2) is 0 Å². The van der Waals surface area contributed by atoms with Gasteiger partial charge in [0.1, 0.15) is 0 Å². The highest BCUT2D eigenvalue weighted by Crippen LogP contribution is 2.30. The average Bonchev–Trinajstić information content (AvgIpc) is 2.34. The van der Waals surface area contributed by atoms with E-state index in [0.717, 1.165) is 35.8 Å². The van der Waals surface area contributed by atoms with Gasteiger partial charge in [0.05, 0.1) is 5.92 Å². The second kappa shape index (κ2) is 5.74. The molecular weight excluding hydrogens is 294 g/mol. The Labute approximate surface area is 116 Å². The van der Waals surface area contributed by atoms with Crippen LogP contribution in [0.4, 0.5) is 5.69 Å². The number of carboxylic acids is 1. The van der Waals surface area contributed by atoms with Crippen LogP contribution >= 0.6 is 15.9 Å². The van der Waals surface area contributed by atoms with Crippen LogP contribution in [-0.4, -0.2) is 17.1 Å². The molecule has 2 N–H and O–H groups in total. The summed E-state index contributed by atoms with van der Waals surface area (Å²) in [5.41, 5.74) is 2.26. The zero-order chi connectivity index (χ0) is 13.1. The van der Waals surface area contributed by atoms with Crippen molar-refractivity contribution in [1.82, 2.24) is 0 Å². The highest BCUT2D eigenvalue weighted by molar-refractivity contribution is 9.10. The van der Waals surface area contributed by atoms with Crippen LogP contribution in [0.15, 0.2) is 22.7 Å². The number of rotatable bonds is 3. The van der Waals surface area contributed by atoms with E-state index in [2.05, 4.69) is 40.3 Å². The van der Waals surface area contributed by atoms with E-state index in [1.165, 1.54) is 5.56 Å². The lowest BCUT2D eigenvalue weighted by atomic mass is 9.85. The fourth-order valence-electron chi connectivity index (χ4n) is 2.51. The van der Waals surface area contributed by atoms with Crippen LogP contribution in [0.3, 0.4) is 0 Å². The molecule has 0 radical (unpaired) electrons. The number of benzene rings is 1. The highest BCUT2D eigenvalue weighted by Gasteiger charge is 2.27. The van der Waals surface area contributed by atoms with E-state index in [1.54, 1.807) is 0 Å².